The Morgan fingerprint density at radius 3 is 2.44 bits per heavy atom. The number of carbonyl (C=O) groups is 1. The van der Waals surface area contributed by atoms with Crippen molar-refractivity contribution in [1.82, 2.24) is 10.3 Å². The molecule has 1 aromatic carbocycles. The van der Waals surface area contributed by atoms with E-state index in [0.717, 1.165) is 34.2 Å². The fourth-order valence-electron chi connectivity index (χ4n) is 2.26. The van der Waals surface area contributed by atoms with Crippen LogP contribution < -0.4 is 10.1 Å². The Kier molecular flexibility index (Phi) is 6.59. The summed E-state index contributed by atoms with van der Waals surface area (Å²) in [6.45, 7) is 11.6. The maximum absolute atomic E-state index is 12.3. The molecule has 5 heteroatoms. The van der Waals surface area contributed by atoms with Gasteiger partial charge in [-0.15, -0.1) is 11.3 Å². The first-order chi connectivity index (χ1) is 11.8. The molecule has 25 heavy (non-hydrogen) atoms. The van der Waals surface area contributed by atoms with Gasteiger partial charge in [0.2, 0.25) is 0 Å². The second kappa shape index (κ2) is 8.48. The summed E-state index contributed by atoms with van der Waals surface area (Å²) < 4.78 is 5.69. The molecule has 0 atom stereocenters. The normalized spacial score (nSPS) is 11.4. The minimum atomic E-state index is -0.0265. The van der Waals surface area contributed by atoms with Crippen LogP contribution in [0.2, 0.25) is 0 Å². The lowest BCUT2D eigenvalue weighted by Crippen LogP contribution is -2.24. The molecule has 0 fully saturated rings. The predicted molar refractivity (Wildman–Crippen MR) is 104 cm³/mol. The molecule has 0 saturated heterocycles. The van der Waals surface area contributed by atoms with Gasteiger partial charge in [0.1, 0.15) is 10.6 Å². The number of hydrogen-bond donors (Lipinski definition) is 1. The summed E-state index contributed by atoms with van der Waals surface area (Å²) in [6.07, 6.45) is 1.80. The Morgan fingerprint density at radius 2 is 1.84 bits per heavy atom. The van der Waals surface area contributed by atoms with Gasteiger partial charge in [-0.25, -0.2) is 4.98 Å². The summed E-state index contributed by atoms with van der Waals surface area (Å²) in [5.41, 5.74) is 2.01. The molecule has 1 heterocycles. The molecule has 1 aromatic heterocycles. The summed E-state index contributed by atoms with van der Waals surface area (Å²) in [7, 11) is 0. The Labute approximate surface area is 154 Å². The van der Waals surface area contributed by atoms with Crippen LogP contribution in [0.15, 0.2) is 24.3 Å². The van der Waals surface area contributed by atoms with Gasteiger partial charge in [0.15, 0.2) is 0 Å². The molecule has 2 aromatic rings. The number of carbonyl (C=O) groups excluding carboxylic acids is 1. The minimum Gasteiger partial charge on any atom is -0.494 e. The van der Waals surface area contributed by atoms with Crippen molar-refractivity contribution in [2.75, 3.05) is 13.2 Å². The van der Waals surface area contributed by atoms with Crippen LogP contribution in [0.5, 0.6) is 5.75 Å². The zero-order chi connectivity index (χ0) is 18.4. The Morgan fingerprint density at radius 1 is 1.16 bits per heavy atom. The van der Waals surface area contributed by atoms with Gasteiger partial charge < -0.3 is 10.1 Å². The fraction of sp³-hybridized carbons (Fsp3) is 0.500. The molecule has 0 saturated carbocycles. The van der Waals surface area contributed by atoms with Gasteiger partial charge in [0, 0.05) is 12.0 Å². The summed E-state index contributed by atoms with van der Waals surface area (Å²) in [4.78, 5) is 17.6. The van der Waals surface area contributed by atoms with E-state index in [1.807, 2.05) is 31.2 Å². The second-order valence-corrected chi connectivity index (χ2v) is 8.31. The lowest BCUT2D eigenvalue weighted by molar-refractivity contribution is 0.0955. The molecule has 0 aliphatic rings. The van der Waals surface area contributed by atoms with Gasteiger partial charge in [-0.1, -0.05) is 38.5 Å². The molecule has 136 valence electrons. The smallest absolute Gasteiger partial charge is 0.263 e. The van der Waals surface area contributed by atoms with E-state index in [-0.39, 0.29) is 11.3 Å². The van der Waals surface area contributed by atoms with Crippen molar-refractivity contribution in [3.05, 3.63) is 45.4 Å². The zero-order valence-electron chi connectivity index (χ0n) is 15.8. The Balaban J connectivity index is 1.70. The van der Waals surface area contributed by atoms with Crippen molar-refractivity contribution >= 4 is 17.2 Å². The summed E-state index contributed by atoms with van der Waals surface area (Å²) in [6, 6.07) is 8.05. The Bertz CT molecular complexity index is 699. The van der Waals surface area contributed by atoms with Gasteiger partial charge in [-0.3, -0.25) is 4.79 Å². The van der Waals surface area contributed by atoms with Crippen molar-refractivity contribution < 1.29 is 9.53 Å². The SMILES string of the molecule is Cc1ccc(OCCCCNC(=O)c2sc(C(C)(C)C)nc2C)cc1. The van der Waals surface area contributed by atoms with Gasteiger partial charge in [0.25, 0.3) is 5.91 Å². The number of nitrogens with zero attached hydrogens (tertiary/aromatic N) is 1. The van der Waals surface area contributed by atoms with E-state index >= 15 is 0 Å². The number of unbranched alkanes of at least 4 members (excludes halogenated alkanes) is 1. The van der Waals surface area contributed by atoms with Crippen molar-refractivity contribution in [2.24, 2.45) is 0 Å². The highest BCUT2D eigenvalue weighted by atomic mass is 32.1. The molecular weight excluding hydrogens is 332 g/mol. The lowest BCUT2D eigenvalue weighted by Gasteiger charge is -2.13. The second-order valence-electron chi connectivity index (χ2n) is 7.31. The number of thiazole rings is 1. The zero-order valence-corrected chi connectivity index (χ0v) is 16.6. The van der Waals surface area contributed by atoms with E-state index < -0.39 is 0 Å². The molecule has 0 aliphatic heterocycles. The molecule has 0 bridgehead atoms. The standard InChI is InChI=1S/C20H28N2O2S/c1-14-8-10-16(11-9-14)24-13-7-6-12-21-18(23)17-15(2)22-19(25-17)20(3,4)5/h8-11H,6-7,12-13H2,1-5H3,(H,21,23). The summed E-state index contributed by atoms with van der Waals surface area (Å²) in [5, 5.41) is 3.99. The van der Waals surface area contributed by atoms with Crippen molar-refractivity contribution in [3.8, 4) is 5.75 Å². The number of aryl methyl sites for hydroxylation is 2. The van der Waals surface area contributed by atoms with Crippen LogP contribution in [-0.4, -0.2) is 24.0 Å². The number of ether oxygens (including phenoxy) is 1. The maximum atomic E-state index is 12.3. The number of nitrogens with one attached hydrogen (secondary N) is 1. The predicted octanol–water partition coefficient (Wildman–Crippen LogP) is 4.65. The molecule has 0 aliphatic carbocycles. The van der Waals surface area contributed by atoms with E-state index in [2.05, 4.69) is 38.0 Å². The maximum Gasteiger partial charge on any atom is 0.263 e. The molecule has 0 radical (unpaired) electrons. The highest BCUT2D eigenvalue weighted by molar-refractivity contribution is 7.14. The van der Waals surface area contributed by atoms with Gasteiger partial charge in [0.05, 0.1) is 17.3 Å². The van der Waals surface area contributed by atoms with Crippen LogP contribution in [0.3, 0.4) is 0 Å². The third-order valence-corrected chi connectivity index (χ3v) is 5.37. The van der Waals surface area contributed by atoms with Gasteiger partial charge in [-0.05, 0) is 38.8 Å². The lowest BCUT2D eigenvalue weighted by atomic mass is 9.98. The average Bonchev–Trinajstić information content (AvgIpc) is 2.94. The average molecular weight is 361 g/mol. The van der Waals surface area contributed by atoms with Crippen molar-refractivity contribution in [2.45, 2.75) is 52.9 Å². The number of amides is 1. The molecule has 2 rings (SSSR count). The first-order valence-corrected chi connectivity index (χ1v) is 9.54. The van der Waals surface area contributed by atoms with E-state index in [9.17, 15) is 4.79 Å². The third-order valence-electron chi connectivity index (χ3n) is 3.79. The summed E-state index contributed by atoms with van der Waals surface area (Å²) in [5.74, 6) is 0.870. The molecular formula is C20H28N2O2S. The fourth-order valence-corrected chi connectivity index (χ4v) is 3.30. The van der Waals surface area contributed by atoms with Crippen LogP contribution in [0.4, 0.5) is 0 Å². The van der Waals surface area contributed by atoms with E-state index in [1.165, 1.54) is 16.9 Å². The number of aromatic nitrogens is 1. The van der Waals surface area contributed by atoms with Crippen LogP contribution in [0.25, 0.3) is 0 Å². The molecule has 0 spiro atoms. The molecule has 0 unspecified atom stereocenters. The molecule has 1 amide bonds. The van der Waals surface area contributed by atoms with E-state index in [1.54, 1.807) is 0 Å². The van der Waals surface area contributed by atoms with Crippen molar-refractivity contribution in [3.63, 3.8) is 0 Å². The van der Waals surface area contributed by atoms with E-state index in [4.69, 9.17) is 4.74 Å². The van der Waals surface area contributed by atoms with Crippen LogP contribution in [-0.2, 0) is 5.41 Å². The number of rotatable bonds is 7. The summed E-state index contributed by atoms with van der Waals surface area (Å²) >= 11 is 1.49. The highest BCUT2D eigenvalue weighted by Crippen LogP contribution is 2.29. The van der Waals surface area contributed by atoms with E-state index in [0.29, 0.717) is 13.2 Å². The topological polar surface area (TPSA) is 51.2 Å². The van der Waals surface area contributed by atoms with Crippen LogP contribution in [0.1, 0.15) is 59.5 Å². The highest BCUT2D eigenvalue weighted by Gasteiger charge is 2.22. The first-order valence-electron chi connectivity index (χ1n) is 8.73. The monoisotopic (exact) mass is 360 g/mol. The van der Waals surface area contributed by atoms with Gasteiger partial charge >= 0.3 is 0 Å². The molecule has 4 nitrogen and oxygen atoms in total. The number of benzene rings is 1. The largest absolute Gasteiger partial charge is 0.494 e. The van der Waals surface area contributed by atoms with Crippen molar-refractivity contribution in [1.29, 1.82) is 0 Å². The van der Waals surface area contributed by atoms with Gasteiger partial charge in [-0.2, -0.15) is 0 Å². The van der Waals surface area contributed by atoms with Crippen LogP contribution >= 0.6 is 11.3 Å². The van der Waals surface area contributed by atoms with Crippen LogP contribution in [0, 0.1) is 13.8 Å². The first kappa shape index (κ1) is 19.4. The minimum absolute atomic E-state index is 0.0232. The molecule has 1 N–H and O–H groups in total. The number of hydrogen-bond acceptors (Lipinski definition) is 4. The quantitative estimate of drug-likeness (QED) is 0.732. The Hall–Kier alpha value is -1.88. The third kappa shape index (κ3) is 5.85.